The van der Waals surface area contributed by atoms with Gasteiger partial charge in [0.05, 0.1) is 13.0 Å². The number of carbonyl (C=O) groups excluding carboxylic acids is 2. The second-order valence-electron chi connectivity index (χ2n) is 4.46. The van der Waals surface area contributed by atoms with Gasteiger partial charge in [0.2, 0.25) is 5.91 Å². The smallest absolute Gasteiger partial charge is 0.307 e. The van der Waals surface area contributed by atoms with E-state index < -0.39 is 0 Å². The van der Waals surface area contributed by atoms with Gasteiger partial charge in [-0.2, -0.15) is 0 Å². The minimum atomic E-state index is -0.246. The normalized spacial score (nSPS) is 9.78. The van der Waals surface area contributed by atoms with Crippen LogP contribution in [0.15, 0.2) is 11.6 Å². The van der Waals surface area contributed by atoms with Gasteiger partial charge in [-0.3, -0.25) is 9.59 Å². The van der Waals surface area contributed by atoms with Gasteiger partial charge in [-0.15, -0.1) is 0 Å². The zero-order valence-corrected chi connectivity index (χ0v) is 12.0. The summed E-state index contributed by atoms with van der Waals surface area (Å²) >= 11 is 0. The van der Waals surface area contributed by atoms with Gasteiger partial charge in [0, 0.05) is 19.2 Å². The fraction of sp³-hybridized carbons (Fsp3) is 0.714. The summed E-state index contributed by atoms with van der Waals surface area (Å²) < 4.78 is 4.87. The highest BCUT2D eigenvalue weighted by Gasteiger charge is 2.12. The van der Waals surface area contributed by atoms with Gasteiger partial charge >= 0.3 is 5.97 Å². The SMILES string of the molecule is CCCCN(CCC(=O)OCC)C(=O)C=C(C)C. The quantitative estimate of drug-likeness (QED) is 0.494. The molecule has 0 bridgehead atoms. The lowest BCUT2D eigenvalue weighted by atomic mass is 10.2. The molecular formula is C14H25NO3. The highest BCUT2D eigenvalue weighted by atomic mass is 16.5. The minimum Gasteiger partial charge on any atom is -0.466 e. The van der Waals surface area contributed by atoms with Crippen LogP contribution in [0.3, 0.4) is 0 Å². The first-order chi connectivity index (χ1) is 8.51. The van der Waals surface area contributed by atoms with Gasteiger partial charge in [0.25, 0.3) is 0 Å². The molecule has 0 fully saturated rings. The molecule has 0 aliphatic carbocycles. The number of hydrogen-bond donors (Lipinski definition) is 0. The summed E-state index contributed by atoms with van der Waals surface area (Å²) in [6.07, 6.45) is 3.85. The van der Waals surface area contributed by atoms with E-state index in [0.29, 0.717) is 19.7 Å². The molecule has 0 N–H and O–H groups in total. The van der Waals surface area contributed by atoms with Crippen LogP contribution in [0, 0.1) is 0 Å². The van der Waals surface area contributed by atoms with E-state index in [2.05, 4.69) is 6.92 Å². The minimum absolute atomic E-state index is 0.0206. The van der Waals surface area contributed by atoms with E-state index in [0.717, 1.165) is 18.4 Å². The third-order valence-electron chi connectivity index (χ3n) is 2.40. The molecule has 0 unspecified atom stereocenters. The summed E-state index contributed by atoms with van der Waals surface area (Å²) in [6, 6.07) is 0. The lowest BCUT2D eigenvalue weighted by molar-refractivity contribution is -0.143. The second-order valence-corrected chi connectivity index (χ2v) is 4.46. The van der Waals surface area contributed by atoms with Crippen molar-refractivity contribution in [2.75, 3.05) is 19.7 Å². The Morgan fingerprint density at radius 3 is 2.33 bits per heavy atom. The van der Waals surface area contributed by atoms with E-state index >= 15 is 0 Å². The Morgan fingerprint density at radius 2 is 1.83 bits per heavy atom. The Morgan fingerprint density at radius 1 is 1.17 bits per heavy atom. The van der Waals surface area contributed by atoms with Crippen LogP contribution in [0.2, 0.25) is 0 Å². The Bertz CT molecular complexity index is 293. The monoisotopic (exact) mass is 255 g/mol. The molecule has 0 aliphatic rings. The topological polar surface area (TPSA) is 46.6 Å². The Labute approximate surface area is 110 Å². The molecular weight excluding hydrogens is 230 g/mol. The summed E-state index contributed by atoms with van der Waals surface area (Å²) in [4.78, 5) is 24.9. The zero-order chi connectivity index (χ0) is 14.0. The maximum absolute atomic E-state index is 11.9. The number of nitrogens with zero attached hydrogens (tertiary/aromatic N) is 1. The first-order valence-electron chi connectivity index (χ1n) is 6.60. The third-order valence-corrected chi connectivity index (χ3v) is 2.40. The predicted octanol–water partition coefficient (Wildman–Crippen LogP) is 2.53. The first-order valence-corrected chi connectivity index (χ1v) is 6.60. The maximum atomic E-state index is 11.9. The molecule has 0 aromatic carbocycles. The summed E-state index contributed by atoms with van der Waals surface area (Å²) in [5, 5.41) is 0. The van der Waals surface area contributed by atoms with Crippen LogP contribution >= 0.6 is 0 Å². The maximum Gasteiger partial charge on any atom is 0.307 e. The zero-order valence-electron chi connectivity index (χ0n) is 12.0. The molecule has 18 heavy (non-hydrogen) atoms. The van der Waals surface area contributed by atoms with Crippen molar-refractivity contribution in [3.05, 3.63) is 11.6 Å². The highest BCUT2D eigenvalue weighted by Crippen LogP contribution is 2.02. The number of unbranched alkanes of at least 4 members (excludes halogenated alkanes) is 1. The Hall–Kier alpha value is -1.32. The Kier molecular flexibility index (Phi) is 8.97. The van der Waals surface area contributed by atoms with Gasteiger partial charge in [-0.1, -0.05) is 18.9 Å². The van der Waals surface area contributed by atoms with E-state index in [9.17, 15) is 9.59 Å². The summed E-state index contributed by atoms with van der Waals surface area (Å²) in [5.41, 5.74) is 0.970. The van der Waals surface area contributed by atoms with Gasteiger partial charge in [-0.05, 0) is 27.2 Å². The molecule has 0 spiro atoms. The van der Waals surface area contributed by atoms with E-state index in [1.165, 1.54) is 0 Å². The molecule has 0 radical (unpaired) electrons. The Balaban J connectivity index is 4.35. The van der Waals surface area contributed by atoms with E-state index in [1.807, 2.05) is 13.8 Å². The van der Waals surface area contributed by atoms with E-state index in [4.69, 9.17) is 4.74 Å². The van der Waals surface area contributed by atoms with Crippen molar-refractivity contribution in [2.45, 2.75) is 47.0 Å². The van der Waals surface area contributed by atoms with Gasteiger partial charge in [0.1, 0.15) is 0 Å². The highest BCUT2D eigenvalue weighted by molar-refractivity contribution is 5.88. The number of hydrogen-bond acceptors (Lipinski definition) is 3. The number of rotatable bonds is 8. The first kappa shape index (κ1) is 16.7. The van der Waals surface area contributed by atoms with Crippen LogP contribution in [0.5, 0.6) is 0 Å². The number of allylic oxidation sites excluding steroid dienone is 1. The van der Waals surface area contributed by atoms with Crippen LogP contribution in [-0.4, -0.2) is 36.5 Å². The standard InChI is InChI=1S/C14H25NO3/c1-5-7-9-15(13(16)11-12(3)4)10-8-14(17)18-6-2/h11H,5-10H2,1-4H3. The van der Waals surface area contributed by atoms with Crippen molar-refractivity contribution in [2.24, 2.45) is 0 Å². The van der Waals surface area contributed by atoms with Crippen LogP contribution in [-0.2, 0) is 14.3 Å². The lowest BCUT2D eigenvalue weighted by Crippen LogP contribution is -2.33. The van der Waals surface area contributed by atoms with E-state index in [-0.39, 0.29) is 18.3 Å². The molecule has 0 saturated carbocycles. The molecule has 0 aliphatic heterocycles. The van der Waals surface area contributed by atoms with Crippen LogP contribution in [0.1, 0.15) is 47.0 Å². The molecule has 0 atom stereocenters. The fourth-order valence-corrected chi connectivity index (χ4v) is 1.48. The summed E-state index contributed by atoms with van der Waals surface area (Å²) in [5.74, 6) is -0.267. The van der Waals surface area contributed by atoms with Gasteiger partial charge < -0.3 is 9.64 Å². The molecule has 0 rings (SSSR count). The number of esters is 1. The van der Waals surface area contributed by atoms with Crippen LogP contribution in [0.25, 0.3) is 0 Å². The van der Waals surface area contributed by atoms with Crippen molar-refractivity contribution >= 4 is 11.9 Å². The van der Waals surface area contributed by atoms with Crippen LogP contribution in [0.4, 0.5) is 0 Å². The molecule has 4 heteroatoms. The summed E-state index contributed by atoms with van der Waals surface area (Å²) in [7, 11) is 0. The van der Waals surface area contributed by atoms with Crippen molar-refractivity contribution in [3.8, 4) is 0 Å². The number of amides is 1. The molecule has 0 saturated heterocycles. The number of ether oxygens (including phenoxy) is 1. The molecule has 104 valence electrons. The molecule has 1 amide bonds. The molecule has 0 aromatic rings. The average Bonchev–Trinajstić information content (AvgIpc) is 2.28. The van der Waals surface area contributed by atoms with Crippen molar-refractivity contribution < 1.29 is 14.3 Å². The largest absolute Gasteiger partial charge is 0.466 e. The molecule has 0 heterocycles. The van der Waals surface area contributed by atoms with Crippen molar-refractivity contribution in [1.29, 1.82) is 0 Å². The van der Waals surface area contributed by atoms with Crippen molar-refractivity contribution in [1.82, 2.24) is 4.90 Å². The van der Waals surface area contributed by atoms with Crippen LogP contribution < -0.4 is 0 Å². The summed E-state index contributed by atoms with van der Waals surface area (Å²) in [6.45, 7) is 9.15. The fourth-order valence-electron chi connectivity index (χ4n) is 1.48. The second kappa shape index (κ2) is 9.68. The third kappa shape index (κ3) is 7.87. The average molecular weight is 255 g/mol. The van der Waals surface area contributed by atoms with Crippen molar-refractivity contribution in [3.63, 3.8) is 0 Å². The predicted molar refractivity (Wildman–Crippen MR) is 72.2 cm³/mol. The molecule has 0 aromatic heterocycles. The molecule has 4 nitrogen and oxygen atoms in total. The van der Waals surface area contributed by atoms with Gasteiger partial charge in [-0.25, -0.2) is 0 Å². The van der Waals surface area contributed by atoms with Gasteiger partial charge in [0.15, 0.2) is 0 Å². The lowest BCUT2D eigenvalue weighted by Gasteiger charge is -2.20. The number of carbonyl (C=O) groups is 2. The van der Waals surface area contributed by atoms with E-state index in [1.54, 1.807) is 17.9 Å².